The molecule has 2 N–H and O–H groups in total. The molecule has 0 aromatic rings. The van der Waals surface area contributed by atoms with Gasteiger partial charge in [0.25, 0.3) is 0 Å². The highest BCUT2D eigenvalue weighted by atomic mass is 16.5. The van der Waals surface area contributed by atoms with Crippen molar-refractivity contribution in [3.8, 4) is 0 Å². The third-order valence-corrected chi connectivity index (χ3v) is 4.49. The lowest BCUT2D eigenvalue weighted by atomic mass is 9.73. The van der Waals surface area contributed by atoms with Crippen molar-refractivity contribution in [1.82, 2.24) is 0 Å². The first-order valence-corrected chi connectivity index (χ1v) is 6.53. The van der Waals surface area contributed by atoms with Crippen molar-refractivity contribution in [2.75, 3.05) is 6.54 Å². The van der Waals surface area contributed by atoms with Gasteiger partial charge in [-0.05, 0) is 50.4 Å². The fraction of sp³-hybridized carbons (Fsp3) is 1.00. The Kier molecular flexibility index (Phi) is 3.36. The predicted molar refractivity (Wildman–Crippen MR) is 62.7 cm³/mol. The van der Waals surface area contributed by atoms with Crippen molar-refractivity contribution < 1.29 is 4.74 Å². The third-order valence-electron chi connectivity index (χ3n) is 4.49. The molecule has 88 valence electrons. The van der Waals surface area contributed by atoms with E-state index in [2.05, 4.69) is 13.8 Å². The van der Waals surface area contributed by atoms with Crippen LogP contribution in [0.15, 0.2) is 0 Å². The molecule has 2 rings (SSSR count). The molecule has 1 saturated heterocycles. The molecule has 0 bridgehead atoms. The highest BCUT2D eigenvalue weighted by Gasteiger charge is 2.42. The number of nitrogens with two attached hydrogens (primary N) is 1. The molecule has 2 nitrogen and oxygen atoms in total. The number of rotatable bonds is 2. The summed E-state index contributed by atoms with van der Waals surface area (Å²) < 4.78 is 6.14. The van der Waals surface area contributed by atoms with E-state index in [4.69, 9.17) is 10.5 Å². The molecule has 1 heterocycles. The van der Waals surface area contributed by atoms with Crippen molar-refractivity contribution in [2.24, 2.45) is 17.6 Å². The van der Waals surface area contributed by atoms with Gasteiger partial charge in [0.05, 0.1) is 11.7 Å². The summed E-state index contributed by atoms with van der Waals surface area (Å²) in [5, 5.41) is 0. The zero-order chi connectivity index (χ0) is 10.9. The van der Waals surface area contributed by atoms with E-state index in [0.717, 1.165) is 11.8 Å². The summed E-state index contributed by atoms with van der Waals surface area (Å²) in [6.45, 7) is 5.40. The van der Waals surface area contributed by atoms with Gasteiger partial charge in [0, 0.05) is 6.54 Å². The first-order valence-electron chi connectivity index (χ1n) is 6.53. The topological polar surface area (TPSA) is 35.2 Å². The van der Waals surface area contributed by atoms with Crippen LogP contribution in [0.3, 0.4) is 0 Å². The first kappa shape index (κ1) is 11.4. The second-order valence-electron chi connectivity index (χ2n) is 5.78. The Hall–Kier alpha value is -0.0800. The standard InChI is InChI=1S/C13H25NO/c1-10(2)11-3-6-13(7-4-11)8-5-12(9-14)15-13/h10-12H,3-9,14H2,1-2H3/t11?,12-,13?/m0/s1. The Labute approximate surface area is 93.6 Å². The van der Waals surface area contributed by atoms with Crippen LogP contribution in [0.5, 0.6) is 0 Å². The maximum Gasteiger partial charge on any atom is 0.0705 e. The van der Waals surface area contributed by atoms with Gasteiger partial charge in [-0.1, -0.05) is 13.8 Å². The number of ether oxygens (including phenoxy) is 1. The maximum absolute atomic E-state index is 6.14. The molecule has 2 heteroatoms. The smallest absolute Gasteiger partial charge is 0.0705 e. The number of hydrogen-bond donors (Lipinski definition) is 1. The summed E-state index contributed by atoms with van der Waals surface area (Å²) in [7, 11) is 0. The molecular weight excluding hydrogens is 186 g/mol. The zero-order valence-corrected chi connectivity index (χ0v) is 10.2. The van der Waals surface area contributed by atoms with Crippen LogP contribution in [0.1, 0.15) is 52.4 Å². The molecule has 1 saturated carbocycles. The summed E-state index contributed by atoms with van der Waals surface area (Å²) in [6, 6.07) is 0. The van der Waals surface area contributed by atoms with Gasteiger partial charge < -0.3 is 10.5 Å². The van der Waals surface area contributed by atoms with Crippen LogP contribution in [-0.2, 0) is 4.74 Å². The fourth-order valence-corrected chi connectivity index (χ4v) is 3.26. The van der Waals surface area contributed by atoms with Crippen LogP contribution in [0, 0.1) is 11.8 Å². The highest BCUT2D eigenvalue weighted by Crippen LogP contribution is 2.44. The van der Waals surface area contributed by atoms with E-state index in [1.54, 1.807) is 0 Å². The van der Waals surface area contributed by atoms with Crippen molar-refractivity contribution in [3.63, 3.8) is 0 Å². The van der Waals surface area contributed by atoms with Crippen LogP contribution in [0.4, 0.5) is 0 Å². The van der Waals surface area contributed by atoms with Crippen LogP contribution in [0.25, 0.3) is 0 Å². The lowest BCUT2D eigenvalue weighted by molar-refractivity contribution is -0.0710. The molecule has 0 unspecified atom stereocenters. The van der Waals surface area contributed by atoms with Crippen molar-refractivity contribution in [1.29, 1.82) is 0 Å². The van der Waals surface area contributed by atoms with Gasteiger partial charge in [-0.2, -0.15) is 0 Å². The molecule has 1 atom stereocenters. The van der Waals surface area contributed by atoms with Crippen LogP contribution >= 0.6 is 0 Å². The molecule has 1 aliphatic carbocycles. The van der Waals surface area contributed by atoms with E-state index in [-0.39, 0.29) is 5.60 Å². The monoisotopic (exact) mass is 211 g/mol. The molecule has 2 aliphatic rings. The minimum Gasteiger partial charge on any atom is -0.370 e. The summed E-state index contributed by atoms with van der Waals surface area (Å²) in [4.78, 5) is 0. The summed E-state index contributed by atoms with van der Waals surface area (Å²) in [5.74, 6) is 1.77. The first-order chi connectivity index (χ1) is 7.15. The van der Waals surface area contributed by atoms with E-state index in [1.807, 2.05) is 0 Å². The Morgan fingerprint density at radius 1 is 1.20 bits per heavy atom. The zero-order valence-electron chi connectivity index (χ0n) is 10.2. The molecule has 0 aromatic carbocycles. The van der Waals surface area contributed by atoms with E-state index in [0.29, 0.717) is 12.6 Å². The van der Waals surface area contributed by atoms with Crippen LogP contribution in [-0.4, -0.2) is 18.2 Å². The highest BCUT2D eigenvalue weighted by molar-refractivity contribution is 4.93. The Bertz CT molecular complexity index is 207. The molecular formula is C13H25NO. The fourth-order valence-electron chi connectivity index (χ4n) is 3.26. The van der Waals surface area contributed by atoms with Gasteiger partial charge in [0.2, 0.25) is 0 Å². The van der Waals surface area contributed by atoms with Gasteiger partial charge in [0.15, 0.2) is 0 Å². The molecule has 0 radical (unpaired) electrons. The van der Waals surface area contributed by atoms with Gasteiger partial charge in [0.1, 0.15) is 0 Å². The molecule has 2 fully saturated rings. The van der Waals surface area contributed by atoms with E-state index < -0.39 is 0 Å². The van der Waals surface area contributed by atoms with Gasteiger partial charge in [-0.25, -0.2) is 0 Å². The van der Waals surface area contributed by atoms with Crippen molar-refractivity contribution in [3.05, 3.63) is 0 Å². The van der Waals surface area contributed by atoms with Gasteiger partial charge >= 0.3 is 0 Å². The third kappa shape index (κ3) is 2.36. The Morgan fingerprint density at radius 2 is 1.80 bits per heavy atom. The molecule has 0 amide bonds. The van der Waals surface area contributed by atoms with Crippen LogP contribution in [0.2, 0.25) is 0 Å². The maximum atomic E-state index is 6.14. The summed E-state index contributed by atoms with van der Waals surface area (Å²) >= 11 is 0. The lowest BCUT2D eigenvalue weighted by Crippen LogP contribution is -2.36. The number of hydrogen-bond acceptors (Lipinski definition) is 2. The molecule has 1 spiro atoms. The van der Waals surface area contributed by atoms with Gasteiger partial charge in [-0.15, -0.1) is 0 Å². The quantitative estimate of drug-likeness (QED) is 0.762. The van der Waals surface area contributed by atoms with E-state index >= 15 is 0 Å². The second kappa shape index (κ2) is 4.42. The van der Waals surface area contributed by atoms with Crippen molar-refractivity contribution in [2.45, 2.75) is 64.1 Å². The van der Waals surface area contributed by atoms with Crippen LogP contribution < -0.4 is 5.73 Å². The summed E-state index contributed by atoms with van der Waals surface area (Å²) in [5.41, 5.74) is 5.91. The van der Waals surface area contributed by atoms with Crippen molar-refractivity contribution >= 4 is 0 Å². The van der Waals surface area contributed by atoms with E-state index in [9.17, 15) is 0 Å². The largest absolute Gasteiger partial charge is 0.370 e. The normalized spacial score (nSPS) is 41.6. The minimum atomic E-state index is 0.232. The van der Waals surface area contributed by atoms with Gasteiger partial charge in [-0.3, -0.25) is 0 Å². The molecule has 1 aliphatic heterocycles. The average Bonchev–Trinajstić information content (AvgIpc) is 2.62. The Balaban J connectivity index is 1.87. The lowest BCUT2D eigenvalue weighted by Gasteiger charge is -2.38. The SMILES string of the molecule is CC(C)C1CCC2(CC1)CC[C@@H](CN)O2. The molecule has 0 aromatic heterocycles. The predicted octanol–water partition coefficient (Wildman–Crippen LogP) is 2.71. The summed E-state index contributed by atoms with van der Waals surface area (Å²) in [6.07, 6.45) is 8.03. The molecule has 15 heavy (non-hydrogen) atoms. The Morgan fingerprint density at radius 3 is 2.27 bits per heavy atom. The average molecular weight is 211 g/mol. The second-order valence-corrected chi connectivity index (χ2v) is 5.78. The minimum absolute atomic E-state index is 0.232. The van der Waals surface area contributed by atoms with E-state index in [1.165, 1.54) is 38.5 Å².